The van der Waals surface area contributed by atoms with E-state index in [1.165, 1.54) is 18.3 Å². The minimum atomic E-state index is 1.09. The van der Waals surface area contributed by atoms with Gasteiger partial charge in [0, 0.05) is 0 Å². The van der Waals surface area contributed by atoms with Crippen LogP contribution < -0.4 is 0 Å². The van der Waals surface area contributed by atoms with E-state index in [0.29, 0.717) is 0 Å². The number of rotatable bonds is 1. The van der Waals surface area contributed by atoms with E-state index < -0.39 is 0 Å². The van der Waals surface area contributed by atoms with Crippen molar-refractivity contribution in [3.8, 4) is 0 Å². The summed E-state index contributed by atoms with van der Waals surface area (Å²) in [5.41, 5.74) is 0. The van der Waals surface area contributed by atoms with Crippen molar-refractivity contribution in [3.05, 3.63) is 0 Å². The van der Waals surface area contributed by atoms with Crippen molar-refractivity contribution in [2.45, 2.75) is 26.7 Å². The molecule has 0 spiro atoms. The van der Waals surface area contributed by atoms with Crippen LogP contribution in [0.2, 0.25) is 0 Å². The smallest absolute Gasteiger partial charge is 0.0326 e. The van der Waals surface area contributed by atoms with Gasteiger partial charge >= 0.3 is 0 Å². The Kier molecular flexibility index (Phi) is 0.778. The zero-order valence-corrected chi connectivity index (χ0v) is 5.72. The predicted molar refractivity (Wildman–Crippen MR) is 34.5 cm³/mol. The minimum Gasteiger partial charge on any atom is -0.0651 e. The van der Waals surface area contributed by atoms with Crippen LogP contribution in [0.1, 0.15) is 26.7 Å². The van der Waals surface area contributed by atoms with Crippen LogP contribution in [0, 0.1) is 23.7 Å². The van der Waals surface area contributed by atoms with E-state index in [2.05, 4.69) is 13.8 Å². The predicted octanol–water partition coefficient (Wildman–Crippen LogP) is 2.30. The summed E-state index contributed by atoms with van der Waals surface area (Å²) < 4.78 is 0. The molecule has 46 valence electrons. The van der Waals surface area contributed by atoms with Crippen LogP contribution in [-0.2, 0) is 0 Å². The molecule has 0 heterocycles. The molecule has 2 aliphatic carbocycles. The molecule has 0 bridgehead atoms. The Hall–Kier alpha value is 0. The monoisotopic (exact) mass is 110 g/mol. The van der Waals surface area contributed by atoms with E-state index in [9.17, 15) is 0 Å². The van der Waals surface area contributed by atoms with E-state index in [1.807, 2.05) is 0 Å². The summed E-state index contributed by atoms with van der Waals surface area (Å²) in [4.78, 5) is 0. The number of hydrogen-bond acceptors (Lipinski definition) is 0. The topological polar surface area (TPSA) is 0 Å². The summed E-state index contributed by atoms with van der Waals surface area (Å²) in [6.07, 6.45) is 2.99. The molecular formula is C8H14. The zero-order valence-electron chi connectivity index (χ0n) is 5.72. The quantitative estimate of drug-likeness (QED) is 0.486. The van der Waals surface area contributed by atoms with Gasteiger partial charge in [-0.2, -0.15) is 0 Å². The van der Waals surface area contributed by atoms with E-state index in [4.69, 9.17) is 0 Å². The average Bonchev–Trinajstić information content (AvgIpc) is 2.34. The normalized spacial score (nSPS) is 59.2. The molecule has 0 aromatic heterocycles. The second kappa shape index (κ2) is 1.29. The van der Waals surface area contributed by atoms with Crippen molar-refractivity contribution >= 4 is 0 Å². The zero-order chi connectivity index (χ0) is 5.72. The highest BCUT2D eigenvalue weighted by Gasteiger charge is 2.59. The summed E-state index contributed by atoms with van der Waals surface area (Å²) in [6.45, 7) is 4.73. The van der Waals surface area contributed by atoms with Crippen molar-refractivity contribution in [3.63, 3.8) is 0 Å². The molecule has 0 heteroatoms. The Bertz CT molecular complexity index is 103. The van der Waals surface area contributed by atoms with Gasteiger partial charge in [-0.1, -0.05) is 20.3 Å². The molecule has 3 unspecified atom stereocenters. The van der Waals surface area contributed by atoms with Gasteiger partial charge in [-0.25, -0.2) is 0 Å². The van der Waals surface area contributed by atoms with Crippen molar-refractivity contribution in [1.82, 2.24) is 0 Å². The first-order chi connectivity index (χ1) is 3.84. The molecule has 4 atom stereocenters. The van der Waals surface area contributed by atoms with Crippen LogP contribution in [0.25, 0.3) is 0 Å². The first-order valence-corrected chi connectivity index (χ1v) is 3.84. The minimum absolute atomic E-state index is 1.09. The van der Waals surface area contributed by atoms with Crippen molar-refractivity contribution in [2.75, 3.05) is 0 Å². The van der Waals surface area contributed by atoms with Gasteiger partial charge in [-0.3, -0.25) is 0 Å². The van der Waals surface area contributed by atoms with Crippen molar-refractivity contribution in [2.24, 2.45) is 23.7 Å². The van der Waals surface area contributed by atoms with E-state index in [0.717, 1.165) is 11.8 Å². The van der Waals surface area contributed by atoms with Gasteiger partial charge in [0.05, 0.1) is 0 Å². The number of hydrogen-bond donors (Lipinski definition) is 0. The van der Waals surface area contributed by atoms with Gasteiger partial charge in [-0.05, 0) is 30.1 Å². The van der Waals surface area contributed by atoms with Crippen LogP contribution in [-0.4, -0.2) is 0 Å². The molecule has 2 saturated carbocycles. The summed E-state index contributed by atoms with van der Waals surface area (Å²) in [5.74, 6) is 4.62. The van der Waals surface area contributed by atoms with Gasteiger partial charge in [0.25, 0.3) is 0 Å². The van der Waals surface area contributed by atoms with Crippen molar-refractivity contribution in [1.29, 1.82) is 0 Å². The van der Waals surface area contributed by atoms with Crippen LogP contribution in [0.5, 0.6) is 0 Å². The molecular weight excluding hydrogens is 96.1 g/mol. The highest BCUT2D eigenvalue weighted by molar-refractivity contribution is 5.07. The van der Waals surface area contributed by atoms with Gasteiger partial charge in [0.1, 0.15) is 0 Å². The fraction of sp³-hybridized carbons (Fsp3) is 1.00. The summed E-state index contributed by atoms with van der Waals surface area (Å²) in [5, 5.41) is 0. The average molecular weight is 110 g/mol. The highest BCUT2D eigenvalue weighted by atomic mass is 14.6. The largest absolute Gasteiger partial charge is 0.0651 e. The van der Waals surface area contributed by atoms with Gasteiger partial charge < -0.3 is 0 Å². The molecule has 0 aromatic carbocycles. The molecule has 0 saturated heterocycles. The molecule has 0 N–H and O–H groups in total. The summed E-state index contributed by atoms with van der Waals surface area (Å²) in [6, 6.07) is 0. The Morgan fingerprint density at radius 3 is 2.38 bits per heavy atom. The lowest BCUT2D eigenvalue weighted by Gasteiger charge is -2.18. The SMILES string of the molecule is CC[C@@H]1C2CC(C)C21. The first-order valence-electron chi connectivity index (χ1n) is 3.84. The summed E-state index contributed by atoms with van der Waals surface area (Å²) >= 11 is 0. The van der Waals surface area contributed by atoms with Crippen molar-refractivity contribution < 1.29 is 0 Å². The molecule has 0 amide bonds. The molecule has 0 aliphatic heterocycles. The molecule has 2 aliphatic rings. The third kappa shape index (κ3) is 0.375. The third-order valence-electron chi connectivity index (χ3n) is 3.17. The second-order valence-electron chi connectivity index (χ2n) is 3.53. The molecule has 0 nitrogen and oxygen atoms in total. The number of fused-ring (bicyclic) bond motifs is 1. The second-order valence-corrected chi connectivity index (χ2v) is 3.53. The molecule has 2 fully saturated rings. The third-order valence-corrected chi connectivity index (χ3v) is 3.17. The lowest BCUT2D eigenvalue weighted by Crippen LogP contribution is -2.10. The maximum Gasteiger partial charge on any atom is -0.0326 e. The van der Waals surface area contributed by atoms with Gasteiger partial charge in [-0.15, -0.1) is 0 Å². The Labute approximate surface area is 51.3 Å². The molecule has 8 heavy (non-hydrogen) atoms. The molecule has 2 rings (SSSR count). The maximum atomic E-state index is 2.40. The van der Waals surface area contributed by atoms with Crippen LogP contribution >= 0.6 is 0 Å². The lowest BCUT2D eigenvalue weighted by molar-refractivity contribution is 0.317. The lowest BCUT2D eigenvalue weighted by atomic mass is 9.88. The molecule has 0 radical (unpaired) electrons. The van der Waals surface area contributed by atoms with Gasteiger partial charge in [0.15, 0.2) is 0 Å². The van der Waals surface area contributed by atoms with Crippen LogP contribution in [0.4, 0.5) is 0 Å². The standard InChI is InChI=1S/C8H14/c1-3-6-7-4-5(2)8(6)7/h5-8H,3-4H2,1-2H3/t5?,6-,7?,8?/m1/s1. The van der Waals surface area contributed by atoms with Crippen LogP contribution in [0.3, 0.4) is 0 Å². The first kappa shape index (κ1) is 4.84. The Morgan fingerprint density at radius 2 is 2.25 bits per heavy atom. The van der Waals surface area contributed by atoms with E-state index in [1.54, 1.807) is 6.42 Å². The fourth-order valence-electron chi connectivity index (χ4n) is 2.62. The van der Waals surface area contributed by atoms with E-state index in [-0.39, 0.29) is 0 Å². The maximum absolute atomic E-state index is 2.40. The van der Waals surface area contributed by atoms with Crippen LogP contribution in [0.15, 0.2) is 0 Å². The fourth-order valence-corrected chi connectivity index (χ4v) is 2.62. The van der Waals surface area contributed by atoms with E-state index >= 15 is 0 Å². The highest BCUT2D eigenvalue weighted by Crippen LogP contribution is 2.65. The summed E-state index contributed by atoms with van der Waals surface area (Å²) in [7, 11) is 0. The molecule has 0 aromatic rings. The Balaban J connectivity index is 1.94. The van der Waals surface area contributed by atoms with Gasteiger partial charge in [0.2, 0.25) is 0 Å². The Morgan fingerprint density at radius 1 is 1.50 bits per heavy atom.